The third kappa shape index (κ3) is 3.22. The van der Waals surface area contributed by atoms with Gasteiger partial charge in [0, 0.05) is 6.20 Å². The Kier molecular flexibility index (Phi) is 3.99. The third-order valence-corrected chi connectivity index (χ3v) is 3.48. The van der Waals surface area contributed by atoms with E-state index in [0.717, 1.165) is 16.9 Å². The van der Waals surface area contributed by atoms with Crippen LogP contribution in [0, 0.1) is 25.2 Å². The van der Waals surface area contributed by atoms with Crippen LogP contribution in [-0.2, 0) is 5.41 Å². The van der Waals surface area contributed by atoms with E-state index in [9.17, 15) is 5.26 Å². The molecule has 0 atom stereocenters. The molecule has 0 saturated carbocycles. The average molecular weight is 280 g/mol. The molecular formula is C18H20N2O. The predicted molar refractivity (Wildman–Crippen MR) is 83.6 cm³/mol. The smallest absolute Gasteiger partial charge is 0.237 e. The minimum absolute atomic E-state index is 0.0999. The molecule has 1 aromatic heterocycles. The highest BCUT2D eigenvalue weighted by Crippen LogP contribution is 2.31. The summed E-state index contributed by atoms with van der Waals surface area (Å²) in [6.45, 7) is 10.4. The van der Waals surface area contributed by atoms with Gasteiger partial charge in [0.05, 0.1) is 0 Å². The number of nitriles is 1. The van der Waals surface area contributed by atoms with Crippen LogP contribution in [0.3, 0.4) is 0 Å². The lowest BCUT2D eigenvalue weighted by atomic mass is 9.86. The van der Waals surface area contributed by atoms with E-state index in [4.69, 9.17) is 4.74 Å². The van der Waals surface area contributed by atoms with Crippen LogP contribution in [0.2, 0.25) is 0 Å². The van der Waals surface area contributed by atoms with Crippen molar-refractivity contribution in [3.8, 4) is 17.7 Å². The summed E-state index contributed by atoms with van der Waals surface area (Å²) in [4.78, 5) is 4.17. The first-order valence-corrected chi connectivity index (χ1v) is 6.97. The van der Waals surface area contributed by atoms with Crippen LogP contribution < -0.4 is 4.74 Å². The lowest BCUT2D eigenvalue weighted by Gasteiger charge is -2.20. The zero-order valence-corrected chi connectivity index (χ0v) is 13.2. The molecule has 0 aliphatic heterocycles. The van der Waals surface area contributed by atoms with Gasteiger partial charge in [0.2, 0.25) is 5.88 Å². The highest BCUT2D eigenvalue weighted by molar-refractivity contribution is 5.47. The summed E-state index contributed by atoms with van der Waals surface area (Å²) in [6, 6.07) is 10.1. The van der Waals surface area contributed by atoms with Crippen LogP contribution in [0.5, 0.6) is 11.6 Å². The van der Waals surface area contributed by atoms with Crippen LogP contribution in [0.4, 0.5) is 0 Å². The van der Waals surface area contributed by atoms with E-state index in [0.29, 0.717) is 11.4 Å². The first kappa shape index (κ1) is 15.1. The Bertz CT molecular complexity index is 706. The van der Waals surface area contributed by atoms with Gasteiger partial charge in [-0.2, -0.15) is 5.26 Å². The monoisotopic (exact) mass is 280 g/mol. The Morgan fingerprint density at radius 1 is 1.10 bits per heavy atom. The van der Waals surface area contributed by atoms with Gasteiger partial charge < -0.3 is 4.74 Å². The molecule has 0 fully saturated rings. The Morgan fingerprint density at radius 3 is 2.38 bits per heavy atom. The van der Waals surface area contributed by atoms with Gasteiger partial charge in [0.1, 0.15) is 17.4 Å². The van der Waals surface area contributed by atoms with Gasteiger partial charge in [-0.3, -0.25) is 0 Å². The van der Waals surface area contributed by atoms with Gasteiger partial charge in [0.25, 0.3) is 0 Å². The Hall–Kier alpha value is -2.34. The van der Waals surface area contributed by atoms with E-state index in [1.807, 2.05) is 19.9 Å². The number of benzene rings is 1. The zero-order valence-electron chi connectivity index (χ0n) is 13.2. The summed E-state index contributed by atoms with van der Waals surface area (Å²) in [7, 11) is 0. The quantitative estimate of drug-likeness (QED) is 0.803. The molecule has 2 aromatic rings. The van der Waals surface area contributed by atoms with Crippen molar-refractivity contribution in [3.63, 3.8) is 0 Å². The Balaban J connectivity index is 2.38. The molecule has 108 valence electrons. The van der Waals surface area contributed by atoms with Gasteiger partial charge in [0.15, 0.2) is 0 Å². The van der Waals surface area contributed by atoms with E-state index in [-0.39, 0.29) is 5.41 Å². The van der Waals surface area contributed by atoms with Gasteiger partial charge in [-0.1, -0.05) is 32.9 Å². The highest BCUT2D eigenvalue weighted by Gasteiger charge is 2.16. The number of nitrogens with zero attached hydrogens (tertiary/aromatic N) is 2. The molecule has 3 nitrogen and oxygen atoms in total. The normalized spacial score (nSPS) is 11.0. The van der Waals surface area contributed by atoms with Crippen LogP contribution >= 0.6 is 0 Å². The number of aromatic nitrogens is 1. The summed E-state index contributed by atoms with van der Waals surface area (Å²) in [5.74, 6) is 1.10. The molecule has 3 heteroatoms. The molecule has 0 N–H and O–H groups in total. The van der Waals surface area contributed by atoms with Crippen LogP contribution in [0.25, 0.3) is 0 Å². The number of hydrogen-bond donors (Lipinski definition) is 0. The van der Waals surface area contributed by atoms with Crippen molar-refractivity contribution in [2.45, 2.75) is 40.0 Å². The summed E-state index contributed by atoms with van der Waals surface area (Å²) in [5.41, 5.74) is 3.74. The molecule has 2 rings (SSSR count). The minimum Gasteiger partial charge on any atom is -0.437 e. The van der Waals surface area contributed by atoms with Crippen LogP contribution in [0.15, 0.2) is 30.5 Å². The molecule has 1 aromatic carbocycles. The maximum absolute atomic E-state index is 9.23. The van der Waals surface area contributed by atoms with Gasteiger partial charge in [-0.15, -0.1) is 0 Å². The lowest BCUT2D eigenvalue weighted by molar-refractivity contribution is 0.456. The topological polar surface area (TPSA) is 45.9 Å². The average Bonchev–Trinajstić information content (AvgIpc) is 2.40. The van der Waals surface area contributed by atoms with Gasteiger partial charge >= 0.3 is 0 Å². The predicted octanol–water partition coefficient (Wildman–Crippen LogP) is 4.66. The second-order valence-electron chi connectivity index (χ2n) is 6.25. The summed E-state index contributed by atoms with van der Waals surface area (Å²) in [6.07, 6.45) is 1.66. The molecule has 1 heterocycles. The SMILES string of the molecule is Cc1cc(C(C)(C)C)ccc1Oc1nccc(C)c1C#N. The molecule has 0 unspecified atom stereocenters. The Labute approximate surface area is 126 Å². The van der Waals surface area contributed by atoms with Crippen molar-refractivity contribution in [1.29, 1.82) is 5.26 Å². The number of hydrogen-bond acceptors (Lipinski definition) is 3. The van der Waals surface area contributed by atoms with E-state index in [1.165, 1.54) is 5.56 Å². The van der Waals surface area contributed by atoms with Gasteiger partial charge in [-0.25, -0.2) is 4.98 Å². The largest absolute Gasteiger partial charge is 0.437 e. The molecule has 0 saturated heterocycles. The number of ether oxygens (including phenoxy) is 1. The molecule has 0 bridgehead atoms. The number of pyridine rings is 1. The van der Waals surface area contributed by atoms with Crippen molar-refractivity contribution < 1.29 is 4.74 Å². The van der Waals surface area contributed by atoms with Crippen molar-refractivity contribution in [3.05, 3.63) is 52.7 Å². The third-order valence-electron chi connectivity index (χ3n) is 3.48. The van der Waals surface area contributed by atoms with Gasteiger partial charge in [-0.05, 0) is 48.1 Å². The van der Waals surface area contributed by atoms with E-state index in [2.05, 4.69) is 44.0 Å². The summed E-state index contributed by atoms with van der Waals surface area (Å²) in [5, 5.41) is 9.23. The minimum atomic E-state index is 0.0999. The molecule has 21 heavy (non-hydrogen) atoms. The fraction of sp³-hybridized carbons (Fsp3) is 0.333. The molecule has 0 spiro atoms. The fourth-order valence-electron chi connectivity index (χ4n) is 2.08. The van der Waals surface area contributed by atoms with Crippen molar-refractivity contribution >= 4 is 0 Å². The zero-order chi connectivity index (χ0) is 15.6. The molecule has 0 aliphatic carbocycles. The first-order valence-electron chi connectivity index (χ1n) is 6.97. The molecule has 0 radical (unpaired) electrons. The maximum atomic E-state index is 9.23. The molecule has 0 aliphatic rings. The number of aryl methyl sites for hydroxylation is 2. The second kappa shape index (κ2) is 5.57. The second-order valence-corrected chi connectivity index (χ2v) is 6.25. The van der Waals surface area contributed by atoms with E-state index >= 15 is 0 Å². The fourth-order valence-corrected chi connectivity index (χ4v) is 2.08. The highest BCUT2D eigenvalue weighted by atomic mass is 16.5. The summed E-state index contributed by atoms with van der Waals surface area (Å²) < 4.78 is 5.85. The van der Waals surface area contributed by atoms with Crippen LogP contribution in [0.1, 0.15) is 43.0 Å². The van der Waals surface area contributed by atoms with E-state index in [1.54, 1.807) is 12.3 Å². The Morgan fingerprint density at radius 2 is 1.81 bits per heavy atom. The van der Waals surface area contributed by atoms with Crippen molar-refractivity contribution in [2.24, 2.45) is 0 Å². The van der Waals surface area contributed by atoms with E-state index < -0.39 is 0 Å². The van der Waals surface area contributed by atoms with Crippen molar-refractivity contribution in [1.82, 2.24) is 4.98 Å². The molecular weight excluding hydrogens is 260 g/mol. The lowest BCUT2D eigenvalue weighted by Crippen LogP contribution is -2.11. The van der Waals surface area contributed by atoms with Crippen molar-refractivity contribution in [2.75, 3.05) is 0 Å². The maximum Gasteiger partial charge on any atom is 0.237 e. The number of rotatable bonds is 2. The van der Waals surface area contributed by atoms with Crippen LogP contribution in [-0.4, -0.2) is 4.98 Å². The standard InChI is InChI=1S/C18H20N2O/c1-12-8-9-20-17(15(12)11-19)21-16-7-6-14(10-13(16)2)18(3,4)5/h6-10H,1-5H3. The molecule has 0 amide bonds. The summed E-state index contributed by atoms with van der Waals surface area (Å²) >= 11 is 0. The first-order chi connectivity index (χ1) is 9.82.